The van der Waals surface area contributed by atoms with Gasteiger partial charge in [0.1, 0.15) is 0 Å². The van der Waals surface area contributed by atoms with Crippen LogP contribution in [0.25, 0.3) is 0 Å². The second-order valence-electron chi connectivity index (χ2n) is 5.49. The standard InChI is InChI=1S/C15H18ClN3O2/c1-11-8-17-18(9-11)10-12-4-2-3-7-19(12)15(20)13-5-6-14(16)21-13/h5-6,8-9,12H,2-4,7,10H2,1H3. The molecule has 3 heterocycles. The lowest BCUT2D eigenvalue weighted by Crippen LogP contribution is -2.45. The Labute approximate surface area is 128 Å². The molecule has 3 rings (SSSR count). The third kappa shape index (κ3) is 3.13. The molecule has 0 N–H and O–H groups in total. The number of carbonyl (C=O) groups is 1. The Hall–Kier alpha value is -1.75. The molecule has 0 bridgehead atoms. The molecule has 0 radical (unpaired) electrons. The number of piperidine rings is 1. The van der Waals surface area contributed by atoms with Gasteiger partial charge in [0.15, 0.2) is 11.0 Å². The van der Waals surface area contributed by atoms with Crippen LogP contribution >= 0.6 is 11.6 Å². The van der Waals surface area contributed by atoms with E-state index in [1.165, 1.54) is 0 Å². The second-order valence-corrected chi connectivity index (χ2v) is 5.86. The highest BCUT2D eigenvalue weighted by molar-refractivity contribution is 6.29. The summed E-state index contributed by atoms with van der Waals surface area (Å²) in [5.74, 6) is 0.221. The maximum Gasteiger partial charge on any atom is 0.289 e. The lowest BCUT2D eigenvalue weighted by atomic mass is 10.0. The van der Waals surface area contributed by atoms with Crippen molar-refractivity contribution in [1.82, 2.24) is 14.7 Å². The number of furan rings is 1. The molecule has 0 aliphatic carbocycles. The van der Waals surface area contributed by atoms with E-state index in [0.29, 0.717) is 12.3 Å². The van der Waals surface area contributed by atoms with Crippen LogP contribution in [0.3, 0.4) is 0 Å². The number of aromatic nitrogens is 2. The minimum Gasteiger partial charge on any atom is -0.440 e. The van der Waals surface area contributed by atoms with Gasteiger partial charge in [-0.3, -0.25) is 9.48 Å². The first-order chi connectivity index (χ1) is 10.1. The highest BCUT2D eigenvalue weighted by Gasteiger charge is 2.29. The highest BCUT2D eigenvalue weighted by atomic mass is 35.5. The predicted octanol–water partition coefficient (Wildman–Crippen LogP) is 3.13. The van der Waals surface area contributed by atoms with Crippen molar-refractivity contribution in [3.8, 4) is 0 Å². The lowest BCUT2D eigenvalue weighted by molar-refractivity contribution is 0.0552. The van der Waals surface area contributed by atoms with Crippen molar-refractivity contribution in [1.29, 1.82) is 0 Å². The van der Waals surface area contributed by atoms with Gasteiger partial charge in [0.25, 0.3) is 5.91 Å². The monoisotopic (exact) mass is 307 g/mol. The first kappa shape index (κ1) is 14.2. The largest absolute Gasteiger partial charge is 0.440 e. The zero-order valence-corrected chi connectivity index (χ0v) is 12.7. The Bertz CT molecular complexity index is 634. The van der Waals surface area contributed by atoms with Gasteiger partial charge >= 0.3 is 0 Å². The van der Waals surface area contributed by atoms with Gasteiger partial charge in [-0.15, -0.1) is 0 Å². The quantitative estimate of drug-likeness (QED) is 0.875. The molecule has 0 saturated carbocycles. The fourth-order valence-electron chi connectivity index (χ4n) is 2.81. The van der Waals surface area contributed by atoms with Gasteiger partial charge in [0.05, 0.1) is 18.8 Å². The molecule has 1 aliphatic heterocycles. The fraction of sp³-hybridized carbons (Fsp3) is 0.467. The summed E-state index contributed by atoms with van der Waals surface area (Å²) in [7, 11) is 0. The molecule has 0 aromatic carbocycles. The Morgan fingerprint density at radius 3 is 3.00 bits per heavy atom. The van der Waals surface area contributed by atoms with E-state index in [1.807, 2.05) is 28.9 Å². The van der Waals surface area contributed by atoms with E-state index in [1.54, 1.807) is 12.1 Å². The van der Waals surface area contributed by atoms with E-state index < -0.39 is 0 Å². The molecule has 6 heteroatoms. The minimum absolute atomic E-state index is 0.0875. The van der Waals surface area contributed by atoms with Crippen LogP contribution in [0.15, 0.2) is 28.9 Å². The third-order valence-corrected chi connectivity index (χ3v) is 4.04. The number of hydrogen-bond acceptors (Lipinski definition) is 3. The Morgan fingerprint density at radius 1 is 1.48 bits per heavy atom. The molecule has 112 valence electrons. The number of carbonyl (C=O) groups excluding carboxylic acids is 1. The van der Waals surface area contributed by atoms with Crippen molar-refractivity contribution in [2.75, 3.05) is 6.54 Å². The van der Waals surface area contributed by atoms with Crippen molar-refractivity contribution in [2.45, 2.75) is 38.8 Å². The van der Waals surface area contributed by atoms with Gasteiger partial charge in [-0.05, 0) is 55.5 Å². The maximum absolute atomic E-state index is 12.6. The number of likely N-dealkylation sites (tertiary alicyclic amines) is 1. The Morgan fingerprint density at radius 2 is 2.33 bits per heavy atom. The molecule has 1 amide bonds. The normalized spacial score (nSPS) is 19.0. The lowest BCUT2D eigenvalue weighted by Gasteiger charge is -2.35. The molecule has 0 spiro atoms. The summed E-state index contributed by atoms with van der Waals surface area (Å²) >= 11 is 5.76. The minimum atomic E-state index is -0.0875. The van der Waals surface area contributed by atoms with E-state index in [2.05, 4.69) is 5.10 Å². The maximum atomic E-state index is 12.6. The van der Waals surface area contributed by atoms with E-state index in [4.69, 9.17) is 16.0 Å². The van der Waals surface area contributed by atoms with Crippen LogP contribution in [0.2, 0.25) is 5.22 Å². The van der Waals surface area contributed by atoms with Gasteiger partial charge < -0.3 is 9.32 Å². The predicted molar refractivity (Wildman–Crippen MR) is 79.4 cm³/mol. The number of nitrogens with zero attached hydrogens (tertiary/aromatic N) is 3. The number of hydrogen-bond donors (Lipinski definition) is 0. The molecular weight excluding hydrogens is 290 g/mol. The van der Waals surface area contributed by atoms with Gasteiger partial charge in [-0.25, -0.2) is 0 Å². The van der Waals surface area contributed by atoms with Gasteiger partial charge in [0, 0.05) is 12.7 Å². The molecule has 1 unspecified atom stereocenters. The SMILES string of the molecule is Cc1cnn(CC2CCCCN2C(=O)c2ccc(Cl)o2)c1. The van der Waals surface area contributed by atoms with Gasteiger partial charge in [-0.1, -0.05) is 0 Å². The first-order valence-corrected chi connectivity index (χ1v) is 7.56. The van der Waals surface area contributed by atoms with Gasteiger partial charge in [0.2, 0.25) is 0 Å². The summed E-state index contributed by atoms with van der Waals surface area (Å²) < 4.78 is 7.16. The molecular formula is C15H18ClN3O2. The summed E-state index contributed by atoms with van der Waals surface area (Å²) in [6.07, 6.45) is 6.98. The highest BCUT2D eigenvalue weighted by Crippen LogP contribution is 2.23. The molecule has 2 aromatic rings. The number of rotatable bonds is 3. The summed E-state index contributed by atoms with van der Waals surface area (Å²) in [5, 5.41) is 4.56. The summed E-state index contributed by atoms with van der Waals surface area (Å²) in [6.45, 7) is 3.48. The van der Waals surface area contributed by atoms with Crippen LogP contribution in [0.5, 0.6) is 0 Å². The zero-order valence-electron chi connectivity index (χ0n) is 12.0. The molecule has 1 aliphatic rings. The van der Waals surface area contributed by atoms with E-state index >= 15 is 0 Å². The van der Waals surface area contributed by atoms with Crippen LogP contribution < -0.4 is 0 Å². The molecule has 21 heavy (non-hydrogen) atoms. The van der Waals surface area contributed by atoms with E-state index in [-0.39, 0.29) is 17.2 Å². The number of amides is 1. The summed E-state index contributed by atoms with van der Waals surface area (Å²) in [4.78, 5) is 14.4. The van der Waals surface area contributed by atoms with Gasteiger partial charge in [-0.2, -0.15) is 5.10 Å². The summed E-state index contributed by atoms with van der Waals surface area (Å²) in [6, 6.07) is 3.38. The average Bonchev–Trinajstić information content (AvgIpc) is 3.08. The van der Waals surface area contributed by atoms with Crippen molar-refractivity contribution in [2.24, 2.45) is 0 Å². The summed E-state index contributed by atoms with van der Waals surface area (Å²) in [5.41, 5.74) is 1.13. The number of aryl methyl sites for hydroxylation is 1. The number of halogens is 1. The fourth-order valence-corrected chi connectivity index (χ4v) is 2.96. The van der Waals surface area contributed by atoms with Crippen molar-refractivity contribution < 1.29 is 9.21 Å². The van der Waals surface area contributed by atoms with Crippen molar-refractivity contribution in [3.05, 3.63) is 41.1 Å². The Balaban J connectivity index is 1.76. The molecule has 2 aromatic heterocycles. The van der Waals surface area contributed by atoms with Crippen molar-refractivity contribution in [3.63, 3.8) is 0 Å². The topological polar surface area (TPSA) is 51.3 Å². The molecule has 1 fully saturated rings. The van der Waals surface area contributed by atoms with Crippen LogP contribution in [0.4, 0.5) is 0 Å². The molecule has 1 saturated heterocycles. The zero-order chi connectivity index (χ0) is 14.8. The van der Waals surface area contributed by atoms with Crippen LogP contribution in [-0.2, 0) is 6.54 Å². The van der Waals surface area contributed by atoms with E-state index in [9.17, 15) is 4.79 Å². The molecule has 1 atom stereocenters. The smallest absolute Gasteiger partial charge is 0.289 e. The van der Waals surface area contributed by atoms with Crippen LogP contribution in [0, 0.1) is 6.92 Å². The third-order valence-electron chi connectivity index (χ3n) is 3.83. The second kappa shape index (κ2) is 5.93. The van der Waals surface area contributed by atoms with Crippen LogP contribution in [0.1, 0.15) is 35.4 Å². The Kier molecular flexibility index (Phi) is 4.01. The first-order valence-electron chi connectivity index (χ1n) is 7.19. The molecule has 5 nitrogen and oxygen atoms in total. The van der Waals surface area contributed by atoms with Crippen molar-refractivity contribution >= 4 is 17.5 Å². The van der Waals surface area contributed by atoms with E-state index in [0.717, 1.165) is 31.4 Å². The average molecular weight is 308 g/mol. The van der Waals surface area contributed by atoms with Crippen LogP contribution in [-0.4, -0.2) is 33.2 Å².